The van der Waals surface area contributed by atoms with Crippen molar-refractivity contribution in [2.75, 3.05) is 25.4 Å². The normalized spacial score (nSPS) is 20.0. The van der Waals surface area contributed by atoms with E-state index in [1.807, 2.05) is 42.2 Å². The first kappa shape index (κ1) is 23.1. The molecule has 31 heavy (non-hydrogen) atoms. The maximum atomic E-state index is 13.2. The average molecular weight is 428 g/mol. The van der Waals surface area contributed by atoms with Gasteiger partial charge in [-0.3, -0.25) is 9.69 Å². The molecule has 0 aliphatic carbocycles. The van der Waals surface area contributed by atoms with Gasteiger partial charge in [-0.25, -0.2) is 4.39 Å². The van der Waals surface area contributed by atoms with E-state index in [9.17, 15) is 9.18 Å². The summed E-state index contributed by atoms with van der Waals surface area (Å²) in [4.78, 5) is 17.1. The minimum atomic E-state index is -0.228. The highest BCUT2D eigenvalue weighted by molar-refractivity contribution is 5.78. The Morgan fingerprint density at radius 1 is 1.10 bits per heavy atom. The predicted molar refractivity (Wildman–Crippen MR) is 122 cm³/mol. The third kappa shape index (κ3) is 5.76. The second-order valence-corrected chi connectivity index (χ2v) is 9.59. The van der Waals surface area contributed by atoms with E-state index < -0.39 is 0 Å². The molecule has 168 valence electrons. The lowest BCUT2D eigenvalue weighted by Gasteiger charge is -2.44. The van der Waals surface area contributed by atoms with Crippen molar-refractivity contribution < 1.29 is 13.9 Å². The molecule has 3 rings (SSSR count). The number of nitrogen functional groups attached to an aromatic ring is 1. The number of ether oxygens (including phenoxy) is 1. The highest BCUT2D eigenvalue weighted by atomic mass is 19.1. The Kier molecular flexibility index (Phi) is 6.90. The molecule has 0 saturated carbocycles. The monoisotopic (exact) mass is 427 g/mol. The first-order valence-corrected chi connectivity index (χ1v) is 10.9. The molecule has 1 saturated heterocycles. The number of benzene rings is 2. The van der Waals surface area contributed by atoms with E-state index in [-0.39, 0.29) is 35.8 Å². The third-order valence-electron chi connectivity index (χ3n) is 5.96. The molecule has 1 heterocycles. The number of amides is 1. The molecule has 2 atom stereocenters. The zero-order valence-electron chi connectivity index (χ0n) is 19.2. The number of carbonyl (C=O) groups excluding carboxylic acids is 1. The molecule has 0 bridgehead atoms. The summed E-state index contributed by atoms with van der Waals surface area (Å²) in [6.45, 7) is 12.6. The van der Waals surface area contributed by atoms with Crippen molar-refractivity contribution in [3.05, 3.63) is 59.4 Å². The van der Waals surface area contributed by atoms with E-state index in [4.69, 9.17) is 10.5 Å². The van der Waals surface area contributed by atoms with Crippen molar-refractivity contribution >= 4 is 11.6 Å². The number of carbonyl (C=O) groups is 1. The van der Waals surface area contributed by atoms with Gasteiger partial charge in [0.1, 0.15) is 11.6 Å². The standard InChI is InChI=1S/C25H34FN3O2/c1-17-14-29(18(2)13-28(17)15-19-6-9-21(26)10-7-19)24(30)16-31-23-11-8-20(12-22(23)27)25(3,4)5/h6-12,17-18H,13-16,27H2,1-5H3. The lowest BCUT2D eigenvalue weighted by molar-refractivity contribution is -0.139. The van der Waals surface area contributed by atoms with Crippen LogP contribution < -0.4 is 10.5 Å². The smallest absolute Gasteiger partial charge is 0.260 e. The highest BCUT2D eigenvalue weighted by Crippen LogP contribution is 2.29. The van der Waals surface area contributed by atoms with Gasteiger partial charge in [0.25, 0.3) is 5.91 Å². The van der Waals surface area contributed by atoms with Crippen LogP contribution in [0.1, 0.15) is 45.7 Å². The van der Waals surface area contributed by atoms with Crippen LogP contribution in [0.4, 0.5) is 10.1 Å². The van der Waals surface area contributed by atoms with Crippen molar-refractivity contribution in [2.24, 2.45) is 0 Å². The average Bonchev–Trinajstić information content (AvgIpc) is 2.70. The molecule has 2 N–H and O–H groups in total. The summed E-state index contributed by atoms with van der Waals surface area (Å²) in [5.41, 5.74) is 8.90. The van der Waals surface area contributed by atoms with Crippen LogP contribution in [0.5, 0.6) is 5.75 Å². The van der Waals surface area contributed by atoms with E-state index in [1.54, 1.807) is 0 Å². The molecule has 1 fully saturated rings. The van der Waals surface area contributed by atoms with Crippen molar-refractivity contribution in [3.63, 3.8) is 0 Å². The number of piperazine rings is 1. The maximum Gasteiger partial charge on any atom is 0.260 e. The number of nitrogens with zero attached hydrogens (tertiary/aromatic N) is 2. The summed E-state index contributed by atoms with van der Waals surface area (Å²) in [5, 5.41) is 0. The topological polar surface area (TPSA) is 58.8 Å². The molecule has 0 radical (unpaired) electrons. The fourth-order valence-corrected chi connectivity index (χ4v) is 3.96. The van der Waals surface area contributed by atoms with E-state index >= 15 is 0 Å². The lowest BCUT2D eigenvalue weighted by Crippen LogP contribution is -2.58. The molecular weight excluding hydrogens is 393 g/mol. The van der Waals surface area contributed by atoms with Gasteiger partial charge in [0.05, 0.1) is 5.69 Å². The molecule has 1 aliphatic rings. The summed E-state index contributed by atoms with van der Waals surface area (Å²) < 4.78 is 18.9. The number of halogens is 1. The van der Waals surface area contributed by atoms with Crippen molar-refractivity contribution in [2.45, 2.75) is 58.7 Å². The van der Waals surface area contributed by atoms with Crippen LogP contribution in [0, 0.1) is 5.82 Å². The van der Waals surface area contributed by atoms with Crippen molar-refractivity contribution in [1.82, 2.24) is 9.80 Å². The van der Waals surface area contributed by atoms with Gasteiger partial charge in [-0.1, -0.05) is 39.0 Å². The van der Waals surface area contributed by atoms with E-state index in [1.165, 1.54) is 12.1 Å². The quantitative estimate of drug-likeness (QED) is 0.727. The SMILES string of the molecule is CC1CN(C(=O)COc2ccc(C(C)(C)C)cc2N)C(C)CN1Cc1ccc(F)cc1. The Labute approximate surface area is 185 Å². The maximum absolute atomic E-state index is 13.2. The van der Waals surface area contributed by atoms with Gasteiger partial charge in [0.2, 0.25) is 0 Å². The zero-order chi connectivity index (χ0) is 22.8. The molecule has 2 aromatic carbocycles. The van der Waals surface area contributed by atoms with Crippen LogP contribution in [-0.4, -0.2) is 47.5 Å². The Hall–Kier alpha value is -2.60. The van der Waals surface area contributed by atoms with Crippen LogP contribution in [0.2, 0.25) is 0 Å². The van der Waals surface area contributed by atoms with Crippen LogP contribution in [0.15, 0.2) is 42.5 Å². The molecule has 5 nitrogen and oxygen atoms in total. The molecular formula is C25H34FN3O2. The first-order valence-electron chi connectivity index (χ1n) is 10.9. The summed E-state index contributed by atoms with van der Waals surface area (Å²) in [6, 6.07) is 12.6. The van der Waals surface area contributed by atoms with E-state index in [0.717, 1.165) is 24.2 Å². The van der Waals surface area contributed by atoms with Gasteiger partial charge in [-0.05, 0) is 54.7 Å². The van der Waals surface area contributed by atoms with Gasteiger partial charge in [0.15, 0.2) is 6.61 Å². The van der Waals surface area contributed by atoms with E-state index in [2.05, 4.69) is 32.6 Å². The third-order valence-corrected chi connectivity index (χ3v) is 5.96. The van der Waals surface area contributed by atoms with Crippen molar-refractivity contribution in [3.8, 4) is 5.75 Å². The summed E-state index contributed by atoms with van der Waals surface area (Å²) in [5.74, 6) is 0.270. The van der Waals surface area contributed by atoms with Crippen LogP contribution >= 0.6 is 0 Å². The molecule has 0 spiro atoms. The largest absolute Gasteiger partial charge is 0.482 e. The molecule has 1 aliphatic heterocycles. The van der Waals surface area contributed by atoms with Gasteiger partial charge in [-0.15, -0.1) is 0 Å². The number of hydrogen-bond donors (Lipinski definition) is 1. The second kappa shape index (κ2) is 9.27. The predicted octanol–water partition coefficient (Wildman–Crippen LogP) is 4.21. The van der Waals surface area contributed by atoms with Gasteiger partial charge < -0.3 is 15.4 Å². The summed E-state index contributed by atoms with van der Waals surface area (Å²) >= 11 is 0. The lowest BCUT2D eigenvalue weighted by atomic mass is 9.87. The fourth-order valence-electron chi connectivity index (χ4n) is 3.96. The summed E-state index contributed by atoms with van der Waals surface area (Å²) in [7, 11) is 0. The number of nitrogens with two attached hydrogens (primary N) is 1. The Bertz CT molecular complexity index is 908. The summed E-state index contributed by atoms with van der Waals surface area (Å²) in [6.07, 6.45) is 0. The number of rotatable bonds is 5. The Morgan fingerprint density at radius 3 is 2.39 bits per heavy atom. The van der Waals surface area contributed by atoms with Crippen LogP contribution in [0.25, 0.3) is 0 Å². The Balaban J connectivity index is 1.57. The number of anilines is 1. The molecule has 1 amide bonds. The van der Waals surface area contributed by atoms with Crippen LogP contribution in [0.3, 0.4) is 0 Å². The zero-order valence-corrected chi connectivity index (χ0v) is 19.2. The minimum Gasteiger partial charge on any atom is -0.482 e. The number of hydrogen-bond acceptors (Lipinski definition) is 4. The molecule has 6 heteroatoms. The second-order valence-electron chi connectivity index (χ2n) is 9.59. The van der Waals surface area contributed by atoms with Gasteiger partial charge in [-0.2, -0.15) is 0 Å². The molecule has 2 aromatic rings. The molecule has 2 unspecified atom stereocenters. The van der Waals surface area contributed by atoms with Crippen molar-refractivity contribution in [1.29, 1.82) is 0 Å². The minimum absolute atomic E-state index is 0.00161. The molecule has 0 aromatic heterocycles. The highest BCUT2D eigenvalue weighted by Gasteiger charge is 2.32. The van der Waals surface area contributed by atoms with Gasteiger partial charge >= 0.3 is 0 Å². The van der Waals surface area contributed by atoms with Gasteiger partial charge in [0, 0.05) is 31.7 Å². The van der Waals surface area contributed by atoms with E-state index in [0.29, 0.717) is 18.0 Å². The fraction of sp³-hybridized carbons (Fsp3) is 0.480. The first-order chi connectivity index (χ1) is 14.5. The Morgan fingerprint density at radius 2 is 1.77 bits per heavy atom. The van der Waals surface area contributed by atoms with Crippen LogP contribution in [-0.2, 0) is 16.8 Å².